The van der Waals surface area contributed by atoms with E-state index in [0.29, 0.717) is 12.8 Å². The lowest BCUT2D eigenvalue weighted by atomic mass is 9.83. The van der Waals surface area contributed by atoms with Crippen LogP contribution in [0.5, 0.6) is 0 Å². The highest BCUT2D eigenvalue weighted by Crippen LogP contribution is 2.25. The highest BCUT2D eigenvalue weighted by molar-refractivity contribution is 7.99. The van der Waals surface area contributed by atoms with Gasteiger partial charge in [-0.1, -0.05) is 20.8 Å². The van der Waals surface area contributed by atoms with Crippen molar-refractivity contribution in [3.8, 4) is 6.07 Å². The van der Waals surface area contributed by atoms with Crippen LogP contribution in [0.25, 0.3) is 0 Å². The zero-order valence-corrected chi connectivity index (χ0v) is 11.5. The van der Waals surface area contributed by atoms with Crippen molar-refractivity contribution < 1.29 is 4.79 Å². The maximum atomic E-state index is 12.0. The number of carbonyl (C=O) groups excluding carboxylic acids is 1. The number of nitrogens with zero attached hydrogens (tertiary/aromatic N) is 1. The van der Waals surface area contributed by atoms with Crippen LogP contribution >= 0.6 is 11.8 Å². The number of carbonyl (C=O) groups is 1. The number of nitrogens with one attached hydrogen (secondary N) is 1. The summed E-state index contributed by atoms with van der Waals surface area (Å²) < 4.78 is 0. The van der Waals surface area contributed by atoms with Gasteiger partial charge in [0.05, 0.1) is 6.07 Å². The molecule has 0 aromatic carbocycles. The minimum absolute atomic E-state index is 0.121. The van der Waals surface area contributed by atoms with Gasteiger partial charge in [0.2, 0.25) is 5.91 Å². The Morgan fingerprint density at radius 3 is 2.38 bits per heavy atom. The number of amides is 1. The first-order valence-electron chi connectivity index (χ1n) is 5.86. The lowest BCUT2D eigenvalue weighted by Gasteiger charge is -2.24. The summed E-state index contributed by atoms with van der Waals surface area (Å²) in [6.45, 7) is 7.85. The summed E-state index contributed by atoms with van der Waals surface area (Å²) in [5, 5.41) is 12.0. The van der Waals surface area contributed by atoms with Crippen molar-refractivity contribution in [2.24, 2.45) is 5.41 Å². The second-order valence-corrected chi connectivity index (χ2v) is 5.25. The van der Waals surface area contributed by atoms with E-state index in [9.17, 15) is 4.79 Å². The minimum Gasteiger partial charge on any atom is -0.351 e. The van der Waals surface area contributed by atoms with E-state index >= 15 is 0 Å². The van der Waals surface area contributed by atoms with E-state index in [2.05, 4.69) is 18.3 Å². The zero-order chi connectivity index (χ0) is 12.6. The molecule has 0 aromatic heterocycles. The highest BCUT2D eigenvalue weighted by Gasteiger charge is 2.35. The Balaban J connectivity index is 4.38. The Morgan fingerprint density at radius 2 is 2.00 bits per heavy atom. The first-order chi connectivity index (χ1) is 7.56. The van der Waals surface area contributed by atoms with Crippen molar-refractivity contribution in [2.75, 3.05) is 11.5 Å². The van der Waals surface area contributed by atoms with Crippen LogP contribution in [-0.2, 0) is 4.79 Å². The molecule has 0 aliphatic heterocycles. The molecule has 0 heterocycles. The molecule has 0 fully saturated rings. The molecule has 1 unspecified atom stereocenters. The summed E-state index contributed by atoms with van der Waals surface area (Å²) in [7, 11) is 0. The second-order valence-electron chi connectivity index (χ2n) is 3.93. The Morgan fingerprint density at radius 1 is 1.44 bits per heavy atom. The number of nitriles is 1. The molecule has 0 rings (SSSR count). The SMILES string of the molecule is CCSCC(C)NC(=O)C(C#N)(CC)CC. The van der Waals surface area contributed by atoms with Crippen molar-refractivity contribution in [3.05, 3.63) is 0 Å². The van der Waals surface area contributed by atoms with Gasteiger partial charge in [0.15, 0.2) is 0 Å². The van der Waals surface area contributed by atoms with E-state index < -0.39 is 5.41 Å². The van der Waals surface area contributed by atoms with Crippen molar-refractivity contribution in [1.82, 2.24) is 5.32 Å². The Kier molecular flexibility index (Phi) is 7.24. The Bertz CT molecular complexity index is 256. The summed E-state index contributed by atoms with van der Waals surface area (Å²) in [6, 6.07) is 2.29. The van der Waals surface area contributed by atoms with Crippen molar-refractivity contribution in [2.45, 2.75) is 46.6 Å². The molecule has 0 aliphatic carbocycles. The Hall–Kier alpha value is -0.690. The lowest BCUT2D eigenvalue weighted by Crippen LogP contribution is -2.44. The molecular formula is C12H22N2OS. The predicted molar refractivity (Wildman–Crippen MR) is 69.2 cm³/mol. The molecule has 0 aromatic rings. The highest BCUT2D eigenvalue weighted by atomic mass is 32.2. The molecule has 3 nitrogen and oxygen atoms in total. The average molecular weight is 242 g/mol. The molecule has 4 heteroatoms. The molecule has 92 valence electrons. The van der Waals surface area contributed by atoms with E-state index in [1.54, 1.807) is 11.8 Å². The summed E-state index contributed by atoms with van der Waals surface area (Å²) >= 11 is 1.79. The van der Waals surface area contributed by atoms with Crippen LogP contribution in [0.1, 0.15) is 40.5 Å². The number of rotatable bonds is 7. The average Bonchev–Trinajstić information content (AvgIpc) is 2.29. The molecule has 0 saturated carbocycles. The molecule has 0 spiro atoms. The fourth-order valence-electron chi connectivity index (χ4n) is 1.48. The van der Waals surface area contributed by atoms with Gasteiger partial charge in [-0.2, -0.15) is 17.0 Å². The maximum Gasteiger partial charge on any atom is 0.240 e. The van der Waals surface area contributed by atoms with Gasteiger partial charge >= 0.3 is 0 Å². The first-order valence-corrected chi connectivity index (χ1v) is 7.01. The van der Waals surface area contributed by atoms with E-state index in [1.807, 2.05) is 20.8 Å². The van der Waals surface area contributed by atoms with Gasteiger partial charge in [-0.3, -0.25) is 4.79 Å². The minimum atomic E-state index is -0.842. The smallest absolute Gasteiger partial charge is 0.240 e. The van der Waals surface area contributed by atoms with E-state index in [1.165, 1.54) is 0 Å². The molecule has 0 radical (unpaired) electrons. The van der Waals surface area contributed by atoms with E-state index in [-0.39, 0.29) is 11.9 Å². The molecule has 0 saturated heterocycles. The van der Waals surface area contributed by atoms with Crippen LogP contribution in [0.4, 0.5) is 0 Å². The molecule has 1 amide bonds. The van der Waals surface area contributed by atoms with Gasteiger partial charge in [-0.15, -0.1) is 0 Å². The van der Waals surface area contributed by atoms with Crippen LogP contribution in [0, 0.1) is 16.7 Å². The fourth-order valence-corrected chi connectivity index (χ4v) is 2.15. The fraction of sp³-hybridized carbons (Fsp3) is 0.833. The third kappa shape index (κ3) is 4.05. The van der Waals surface area contributed by atoms with Gasteiger partial charge in [0, 0.05) is 11.8 Å². The lowest BCUT2D eigenvalue weighted by molar-refractivity contribution is -0.129. The van der Waals surface area contributed by atoms with Gasteiger partial charge in [-0.25, -0.2) is 0 Å². The summed E-state index contributed by atoms with van der Waals surface area (Å²) in [6.07, 6.45) is 1.14. The summed E-state index contributed by atoms with van der Waals surface area (Å²) in [5.41, 5.74) is -0.842. The summed E-state index contributed by atoms with van der Waals surface area (Å²) in [4.78, 5) is 12.0. The van der Waals surface area contributed by atoms with Crippen molar-refractivity contribution in [3.63, 3.8) is 0 Å². The normalized spacial score (nSPS) is 12.9. The molecule has 1 N–H and O–H groups in total. The van der Waals surface area contributed by atoms with Gasteiger partial charge in [-0.05, 0) is 25.5 Å². The van der Waals surface area contributed by atoms with Crippen LogP contribution in [-0.4, -0.2) is 23.5 Å². The number of thioether (sulfide) groups is 1. The summed E-state index contributed by atoms with van der Waals surface area (Å²) in [5.74, 6) is 1.83. The van der Waals surface area contributed by atoms with Crippen LogP contribution in [0.15, 0.2) is 0 Å². The number of hydrogen-bond acceptors (Lipinski definition) is 3. The van der Waals surface area contributed by atoms with E-state index in [0.717, 1.165) is 11.5 Å². The third-order valence-electron chi connectivity index (χ3n) is 2.81. The maximum absolute atomic E-state index is 12.0. The van der Waals surface area contributed by atoms with Crippen LogP contribution in [0.2, 0.25) is 0 Å². The third-order valence-corrected chi connectivity index (χ3v) is 3.95. The quantitative estimate of drug-likeness (QED) is 0.746. The largest absolute Gasteiger partial charge is 0.351 e. The van der Waals surface area contributed by atoms with E-state index in [4.69, 9.17) is 5.26 Å². The first kappa shape index (κ1) is 15.3. The Labute approximate surface area is 103 Å². The topological polar surface area (TPSA) is 52.9 Å². The molecule has 16 heavy (non-hydrogen) atoms. The van der Waals surface area contributed by atoms with Gasteiger partial charge < -0.3 is 5.32 Å². The van der Waals surface area contributed by atoms with Crippen molar-refractivity contribution >= 4 is 17.7 Å². The zero-order valence-electron chi connectivity index (χ0n) is 10.7. The van der Waals surface area contributed by atoms with Gasteiger partial charge in [0.25, 0.3) is 0 Å². The number of hydrogen-bond donors (Lipinski definition) is 1. The molecule has 0 aliphatic rings. The predicted octanol–water partition coefficient (Wildman–Crippen LogP) is 2.57. The molecular weight excluding hydrogens is 220 g/mol. The molecule has 1 atom stereocenters. The standard InChI is InChI=1S/C12H22N2OS/c1-5-12(6-2,9-13)11(15)14-10(4)8-16-7-3/h10H,5-8H2,1-4H3,(H,14,15). The monoisotopic (exact) mass is 242 g/mol. The van der Waals surface area contributed by atoms with Crippen LogP contribution < -0.4 is 5.32 Å². The van der Waals surface area contributed by atoms with Gasteiger partial charge in [0.1, 0.15) is 5.41 Å². The van der Waals surface area contributed by atoms with Crippen molar-refractivity contribution in [1.29, 1.82) is 5.26 Å². The van der Waals surface area contributed by atoms with Crippen LogP contribution in [0.3, 0.4) is 0 Å². The molecule has 0 bridgehead atoms. The second kappa shape index (κ2) is 7.56.